The Bertz CT molecular complexity index is 1040. The lowest BCUT2D eigenvalue weighted by Crippen LogP contribution is -2.26. The van der Waals surface area contributed by atoms with Gasteiger partial charge in [0, 0.05) is 11.4 Å². The van der Waals surface area contributed by atoms with Crippen LogP contribution in [-0.4, -0.2) is 26.6 Å². The van der Waals surface area contributed by atoms with Gasteiger partial charge in [0.2, 0.25) is 5.91 Å². The fourth-order valence-corrected chi connectivity index (χ4v) is 3.04. The Labute approximate surface area is 158 Å². The minimum atomic E-state index is -0.497. The molecule has 0 unspecified atom stereocenters. The van der Waals surface area contributed by atoms with Crippen LogP contribution in [0.15, 0.2) is 46.6 Å². The van der Waals surface area contributed by atoms with E-state index in [1.165, 1.54) is 28.2 Å². The first-order valence-corrected chi connectivity index (χ1v) is 8.96. The lowest BCUT2D eigenvalue weighted by molar-refractivity contribution is -0.117. The van der Waals surface area contributed by atoms with Crippen molar-refractivity contribution in [3.8, 4) is 0 Å². The van der Waals surface area contributed by atoms with E-state index in [2.05, 4.69) is 15.4 Å². The van der Waals surface area contributed by atoms with E-state index >= 15 is 0 Å². The molecule has 0 saturated heterocycles. The predicted molar refractivity (Wildman–Crippen MR) is 102 cm³/mol. The van der Waals surface area contributed by atoms with Crippen LogP contribution in [-0.2, 0) is 17.8 Å². The third-order valence-corrected chi connectivity index (χ3v) is 4.49. The summed E-state index contributed by atoms with van der Waals surface area (Å²) < 4.78 is 1.24. The van der Waals surface area contributed by atoms with Gasteiger partial charge in [-0.05, 0) is 18.6 Å². The van der Waals surface area contributed by atoms with Gasteiger partial charge in [-0.25, -0.2) is 9.67 Å². The Kier molecular flexibility index (Phi) is 5.41. The molecule has 138 valence electrons. The van der Waals surface area contributed by atoms with E-state index in [1.807, 2.05) is 31.2 Å². The van der Waals surface area contributed by atoms with E-state index in [4.69, 9.17) is 5.73 Å². The van der Waals surface area contributed by atoms with Crippen LogP contribution in [0.1, 0.15) is 27.3 Å². The third-order valence-electron chi connectivity index (χ3n) is 3.68. The number of nitrogens with zero attached hydrogens (tertiary/aromatic N) is 3. The van der Waals surface area contributed by atoms with Crippen molar-refractivity contribution in [3.63, 3.8) is 0 Å². The van der Waals surface area contributed by atoms with Gasteiger partial charge in [0.25, 0.3) is 11.5 Å². The highest BCUT2D eigenvalue weighted by molar-refractivity contribution is 7.14. The minimum absolute atomic E-state index is 0.00600. The third kappa shape index (κ3) is 4.85. The molecule has 0 fully saturated rings. The Morgan fingerprint density at radius 1 is 1.19 bits per heavy atom. The number of hydrogen-bond acceptors (Lipinski definition) is 6. The largest absolute Gasteiger partial charge is 0.369 e. The first-order valence-electron chi connectivity index (χ1n) is 8.08. The van der Waals surface area contributed by atoms with Gasteiger partial charge in [0.05, 0.1) is 18.7 Å². The van der Waals surface area contributed by atoms with Crippen molar-refractivity contribution >= 4 is 28.3 Å². The Morgan fingerprint density at radius 3 is 2.63 bits per heavy atom. The number of rotatable bonds is 6. The molecule has 3 N–H and O–H groups in total. The normalized spacial score (nSPS) is 10.6. The Balaban J connectivity index is 1.75. The lowest BCUT2D eigenvalue weighted by Gasteiger charge is -2.07. The molecule has 2 heterocycles. The highest BCUT2D eigenvalue weighted by Crippen LogP contribution is 2.16. The Hall–Kier alpha value is -3.33. The van der Waals surface area contributed by atoms with Crippen LogP contribution in [0, 0.1) is 6.92 Å². The molecule has 27 heavy (non-hydrogen) atoms. The summed E-state index contributed by atoms with van der Waals surface area (Å²) in [5, 5.41) is 8.72. The molecule has 0 aliphatic rings. The molecule has 2 amide bonds. The SMILES string of the molecule is Cc1ccc(Cn2nc(C(=O)Nc3nc(CC(N)=O)cs3)ccc2=O)cc1. The van der Waals surface area contributed by atoms with Crippen molar-refractivity contribution in [3.05, 3.63) is 74.6 Å². The second kappa shape index (κ2) is 7.92. The van der Waals surface area contributed by atoms with Gasteiger partial charge in [0.1, 0.15) is 5.69 Å². The maximum Gasteiger partial charge on any atom is 0.277 e. The molecule has 8 nitrogen and oxygen atoms in total. The molecule has 9 heteroatoms. The first kappa shape index (κ1) is 18.5. The van der Waals surface area contributed by atoms with E-state index in [0.29, 0.717) is 10.8 Å². The summed E-state index contributed by atoms with van der Waals surface area (Å²) in [6.45, 7) is 2.24. The monoisotopic (exact) mass is 383 g/mol. The van der Waals surface area contributed by atoms with Crippen molar-refractivity contribution < 1.29 is 9.59 Å². The van der Waals surface area contributed by atoms with Crippen molar-refractivity contribution in [1.82, 2.24) is 14.8 Å². The first-order chi connectivity index (χ1) is 12.9. The molecular weight excluding hydrogens is 366 g/mol. The maximum atomic E-state index is 12.4. The summed E-state index contributed by atoms with van der Waals surface area (Å²) in [6, 6.07) is 10.4. The van der Waals surface area contributed by atoms with Crippen molar-refractivity contribution in [2.75, 3.05) is 5.32 Å². The van der Waals surface area contributed by atoms with Gasteiger partial charge in [-0.1, -0.05) is 29.8 Å². The number of aryl methyl sites for hydroxylation is 1. The predicted octanol–water partition coefficient (Wildman–Crippen LogP) is 1.34. The smallest absolute Gasteiger partial charge is 0.277 e. The van der Waals surface area contributed by atoms with Crippen molar-refractivity contribution in [2.24, 2.45) is 5.73 Å². The number of carbonyl (C=O) groups excluding carboxylic acids is 2. The number of carbonyl (C=O) groups is 2. The molecule has 0 saturated carbocycles. The standard InChI is InChI=1S/C18H17N5O3S/c1-11-2-4-12(5-3-11)9-23-16(25)7-6-14(22-23)17(26)21-18-20-13(10-27-18)8-15(19)24/h2-7,10H,8-9H2,1H3,(H2,19,24)(H,20,21,26). The number of benzene rings is 1. The molecule has 0 aliphatic carbocycles. The number of thiazole rings is 1. The van der Waals surface area contributed by atoms with E-state index in [0.717, 1.165) is 11.1 Å². The minimum Gasteiger partial charge on any atom is -0.369 e. The van der Waals surface area contributed by atoms with E-state index < -0.39 is 11.8 Å². The number of nitrogens with one attached hydrogen (secondary N) is 1. The number of primary amides is 1. The van der Waals surface area contributed by atoms with E-state index in [1.54, 1.807) is 5.38 Å². The van der Waals surface area contributed by atoms with E-state index in [9.17, 15) is 14.4 Å². The van der Waals surface area contributed by atoms with Crippen molar-refractivity contribution in [1.29, 1.82) is 0 Å². The molecule has 3 rings (SSSR count). The van der Waals surface area contributed by atoms with Gasteiger partial charge >= 0.3 is 0 Å². The van der Waals surface area contributed by atoms with Crippen LogP contribution in [0.4, 0.5) is 5.13 Å². The topological polar surface area (TPSA) is 120 Å². The summed E-state index contributed by atoms with van der Waals surface area (Å²) in [5.74, 6) is -0.990. The number of hydrogen-bond donors (Lipinski definition) is 2. The molecular formula is C18H17N5O3S. The second-order valence-electron chi connectivity index (χ2n) is 5.94. The average Bonchev–Trinajstić information content (AvgIpc) is 3.04. The maximum absolute atomic E-state index is 12.4. The zero-order valence-corrected chi connectivity index (χ0v) is 15.3. The van der Waals surface area contributed by atoms with Crippen LogP contribution in [0.3, 0.4) is 0 Å². The number of anilines is 1. The van der Waals surface area contributed by atoms with Gasteiger partial charge in [-0.3, -0.25) is 19.7 Å². The zero-order valence-electron chi connectivity index (χ0n) is 14.5. The zero-order chi connectivity index (χ0) is 19.4. The van der Waals surface area contributed by atoms with Crippen LogP contribution in [0.25, 0.3) is 0 Å². The van der Waals surface area contributed by atoms with Crippen LogP contribution in [0.5, 0.6) is 0 Å². The molecule has 0 atom stereocenters. The van der Waals surface area contributed by atoms with Gasteiger partial charge in [-0.2, -0.15) is 5.10 Å². The highest BCUT2D eigenvalue weighted by Gasteiger charge is 2.13. The molecule has 2 aromatic heterocycles. The summed E-state index contributed by atoms with van der Waals surface area (Å²) in [6.07, 6.45) is 0.00600. The molecule has 3 aromatic rings. The quantitative estimate of drug-likeness (QED) is 0.665. The summed E-state index contributed by atoms with van der Waals surface area (Å²) in [7, 11) is 0. The summed E-state index contributed by atoms with van der Waals surface area (Å²) in [5.41, 5.74) is 7.42. The number of nitrogens with two attached hydrogens (primary N) is 1. The van der Waals surface area contributed by atoms with Gasteiger partial charge in [-0.15, -0.1) is 11.3 Å². The summed E-state index contributed by atoms with van der Waals surface area (Å²) >= 11 is 1.18. The molecule has 0 bridgehead atoms. The van der Waals surface area contributed by atoms with Crippen LogP contribution < -0.4 is 16.6 Å². The van der Waals surface area contributed by atoms with Crippen molar-refractivity contribution in [2.45, 2.75) is 19.9 Å². The highest BCUT2D eigenvalue weighted by atomic mass is 32.1. The van der Waals surface area contributed by atoms with Gasteiger partial charge in [0.15, 0.2) is 5.13 Å². The Morgan fingerprint density at radius 2 is 1.93 bits per heavy atom. The fourth-order valence-electron chi connectivity index (χ4n) is 2.33. The second-order valence-corrected chi connectivity index (χ2v) is 6.80. The lowest BCUT2D eigenvalue weighted by atomic mass is 10.1. The number of aromatic nitrogens is 3. The fraction of sp³-hybridized carbons (Fsp3) is 0.167. The number of amides is 2. The average molecular weight is 383 g/mol. The van der Waals surface area contributed by atoms with E-state index in [-0.39, 0.29) is 24.2 Å². The molecule has 1 aromatic carbocycles. The molecule has 0 spiro atoms. The molecule has 0 radical (unpaired) electrons. The summed E-state index contributed by atoms with van der Waals surface area (Å²) in [4.78, 5) is 39.5. The van der Waals surface area contributed by atoms with Crippen LogP contribution >= 0.6 is 11.3 Å². The van der Waals surface area contributed by atoms with Crippen LogP contribution in [0.2, 0.25) is 0 Å². The molecule has 0 aliphatic heterocycles. The van der Waals surface area contributed by atoms with Gasteiger partial charge < -0.3 is 5.73 Å².